The second-order valence-electron chi connectivity index (χ2n) is 5.41. The zero-order chi connectivity index (χ0) is 14.9. The molecule has 0 unspecified atom stereocenters. The molecular weight excluding hydrogens is 248 g/mol. The maximum atomic E-state index is 10.3. The molecule has 0 rings (SSSR count). The summed E-state index contributed by atoms with van der Waals surface area (Å²) in [6.45, 7) is 2.22. The van der Waals surface area contributed by atoms with Gasteiger partial charge in [0.1, 0.15) is 0 Å². The molecule has 0 saturated carbocycles. The molecule has 0 amide bonds. The van der Waals surface area contributed by atoms with Crippen molar-refractivity contribution in [3.05, 3.63) is 24.3 Å². The second-order valence-corrected chi connectivity index (χ2v) is 5.41. The fraction of sp³-hybridized carbons (Fsp3) is 0.722. The summed E-state index contributed by atoms with van der Waals surface area (Å²) >= 11 is 0. The number of carbonyl (C=O) groups is 1. The normalized spacial score (nSPS) is 11.7. The molecule has 0 aliphatic carbocycles. The van der Waals surface area contributed by atoms with Gasteiger partial charge in [-0.1, -0.05) is 76.2 Å². The number of unbranched alkanes of at least 4 members (excludes halogenated alkanes) is 9. The molecule has 0 spiro atoms. The van der Waals surface area contributed by atoms with Gasteiger partial charge in [0, 0.05) is 6.42 Å². The number of allylic oxidation sites excluding steroid dienone is 4. The highest BCUT2D eigenvalue weighted by atomic mass is 16.4. The maximum Gasteiger partial charge on any atom is 0.303 e. The average molecular weight is 280 g/mol. The Balaban J connectivity index is 3.14. The van der Waals surface area contributed by atoms with Crippen molar-refractivity contribution in [3.8, 4) is 0 Å². The van der Waals surface area contributed by atoms with E-state index in [0.717, 1.165) is 12.8 Å². The van der Waals surface area contributed by atoms with E-state index in [-0.39, 0.29) is 0 Å². The van der Waals surface area contributed by atoms with Gasteiger partial charge in [0.15, 0.2) is 0 Å². The van der Waals surface area contributed by atoms with Gasteiger partial charge in [-0.05, 0) is 25.7 Å². The van der Waals surface area contributed by atoms with Gasteiger partial charge in [0.2, 0.25) is 0 Å². The Labute approximate surface area is 125 Å². The molecule has 0 aliphatic rings. The summed E-state index contributed by atoms with van der Waals surface area (Å²) in [5.74, 6) is -0.666. The fourth-order valence-corrected chi connectivity index (χ4v) is 2.09. The lowest BCUT2D eigenvalue weighted by molar-refractivity contribution is -0.137. The first-order valence-corrected chi connectivity index (χ1v) is 8.30. The molecule has 0 aromatic heterocycles. The van der Waals surface area contributed by atoms with E-state index in [9.17, 15) is 4.79 Å². The van der Waals surface area contributed by atoms with Gasteiger partial charge >= 0.3 is 5.97 Å². The molecule has 0 heterocycles. The van der Waals surface area contributed by atoms with Crippen molar-refractivity contribution in [2.24, 2.45) is 0 Å². The molecule has 2 heteroatoms. The van der Waals surface area contributed by atoms with Crippen LogP contribution in [-0.4, -0.2) is 11.1 Å². The minimum Gasteiger partial charge on any atom is -0.481 e. The van der Waals surface area contributed by atoms with Crippen LogP contribution >= 0.6 is 0 Å². The fourth-order valence-electron chi connectivity index (χ4n) is 2.09. The van der Waals surface area contributed by atoms with E-state index in [2.05, 4.69) is 31.2 Å². The largest absolute Gasteiger partial charge is 0.481 e. The molecule has 0 aliphatic heterocycles. The quantitative estimate of drug-likeness (QED) is 0.318. The molecule has 116 valence electrons. The Morgan fingerprint density at radius 3 is 1.85 bits per heavy atom. The molecule has 0 saturated heterocycles. The van der Waals surface area contributed by atoms with E-state index >= 15 is 0 Å². The van der Waals surface area contributed by atoms with Crippen molar-refractivity contribution in [2.45, 2.75) is 84.0 Å². The van der Waals surface area contributed by atoms with E-state index in [1.54, 1.807) is 0 Å². The number of hydrogen-bond donors (Lipinski definition) is 1. The highest BCUT2D eigenvalue weighted by molar-refractivity contribution is 5.66. The van der Waals surface area contributed by atoms with Crippen LogP contribution in [0, 0.1) is 0 Å². The summed E-state index contributed by atoms with van der Waals surface area (Å²) in [7, 11) is 0. The van der Waals surface area contributed by atoms with Crippen molar-refractivity contribution in [1.29, 1.82) is 0 Å². The molecule has 0 radical (unpaired) electrons. The molecule has 1 N–H and O–H groups in total. The lowest BCUT2D eigenvalue weighted by Gasteiger charge is -1.99. The van der Waals surface area contributed by atoms with Crippen molar-refractivity contribution >= 4 is 5.97 Å². The van der Waals surface area contributed by atoms with Gasteiger partial charge in [-0.3, -0.25) is 4.79 Å². The van der Waals surface area contributed by atoms with Gasteiger partial charge in [-0.25, -0.2) is 0 Å². The predicted octanol–water partition coefficient (Wildman–Crippen LogP) is 5.88. The third kappa shape index (κ3) is 16.9. The van der Waals surface area contributed by atoms with Crippen LogP contribution in [0.5, 0.6) is 0 Å². The third-order valence-corrected chi connectivity index (χ3v) is 3.37. The summed E-state index contributed by atoms with van der Waals surface area (Å²) < 4.78 is 0. The van der Waals surface area contributed by atoms with Crippen molar-refractivity contribution < 1.29 is 9.90 Å². The van der Waals surface area contributed by atoms with Crippen LogP contribution in [0.2, 0.25) is 0 Å². The Morgan fingerprint density at radius 1 is 0.800 bits per heavy atom. The van der Waals surface area contributed by atoms with E-state index in [0.29, 0.717) is 6.42 Å². The van der Waals surface area contributed by atoms with Crippen LogP contribution in [0.3, 0.4) is 0 Å². The van der Waals surface area contributed by atoms with Crippen molar-refractivity contribution in [3.63, 3.8) is 0 Å². The standard InChI is InChI=1S/C18H32O2/c1-2-3-4-5-6-7-8-9-10-11-12-13-14-15-16-17-18(19)20/h5-8H,2-4,9-17H2,1H3,(H,19,20)/b6-5-,8-7-. The van der Waals surface area contributed by atoms with Crippen molar-refractivity contribution in [1.82, 2.24) is 0 Å². The molecule has 0 aromatic carbocycles. The molecule has 20 heavy (non-hydrogen) atoms. The predicted molar refractivity (Wildman–Crippen MR) is 87.0 cm³/mol. The Bertz CT molecular complexity index is 267. The summed E-state index contributed by atoms with van der Waals surface area (Å²) in [5.41, 5.74) is 0. The van der Waals surface area contributed by atoms with Gasteiger partial charge in [-0.2, -0.15) is 0 Å². The summed E-state index contributed by atoms with van der Waals surface area (Å²) in [6, 6.07) is 0. The number of rotatable bonds is 14. The first-order chi connectivity index (χ1) is 9.77. The number of hydrogen-bond acceptors (Lipinski definition) is 1. The zero-order valence-corrected chi connectivity index (χ0v) is 13.2. The van der Waals surface area contributed by atoms with Gasteiger partial charge in [-0.15, -0.1) is 0 Å². The number of carboxylic acid groups (broad SMARTS) is 1. The molecule has 2 nitrogen and oxygen atoms in total. The summed E-state index contributed by atoms with van der Waals surface area (Å²) in [4.78, 5) is 10.3. The zero-order valence-electron chi connectivity index (χ0n) is 13.2. The van der Waals surface area contributed by atoms with Crippen LogP contribution in [0.15, 0.2) is 24.3 Å². The first kappa shape index (κ1) is 18.9. The Kier molecular flexibility index (Phi) is 15.2. The van der Waals surface area contributed by atoms with Crippen LogP contribution in [-0.2, 0) is 4.79 Å². The number of aliphatic carboxylic acids is 1. The minimum absolute atomic E-state index is 0.330. The van der Waals surface area contributed by atoms with Gasteiger partial charge < -0.3 is 5.11 Å². The first-order valence-electron chi connectivity index (χ1n) is 8.30. The van der Waals surface area contributed by atoms with E-state index in [4.69, 9.17) is 5.11 Å². The second kappa shape index (κ2) is 16.0. The Morgan fingerprint density at radius 2 is 1.30 bits per heavy atom. The molecule has 0 bridgehead atoms. The topological polar surface area (TPSA) is 37.3 Å². The SMILES string of the molecule is CCCC/C=C\C=C/CCCCCCCCCC(=O)O. The van der Waals surface area contributed by atoms with Gasteiger partial charge in [0.25, 0.3) is 0 Å². The lowest BCUT2D eigenvalue weighted by Crippen LogP contribution is -1.93. The average Bonchev–Trinajstić information content (AvgIpc) is 2.43. The number of carboxylic acids is 1. The molecule has 0 aromatic rings. The Hall–Kier alpha value is -1.05. The lowest BCUT2D eigenvalue weighted by atomic mass is 10.1. The van der Waals surface area contributed by atoms with Crippen LogP contribution in [0.25, 0.3) is 0 Å². The van der Waals surface area contributed by atoms with Crippen LogP contribution in [0.1, 0.15) is 84.0 Å². The minimum atomic E-state index is -0.666. The van der Waals surface area contributed by atoms with E-state index < -0.39 is 5.97 Å². The molecule has 0 fully saturated rings. The van der Waals surface area contributed by atoms with Crippen LogP contribution < -0.4 is 0 Å². The van der Waals surface area contributed by atoms with E-state index in [1.165, 1.54) is 57.8 Å². The smallest absolute Gasteiger partial charge is 0.303 e. The third-order valence-electron chi connectivity index (χ3n) is 3.37. The molecular formula is C18H32O2. The van der Waals surface area contributed by atoms with E-state index in [1.807, 2.05) is 0 Å². The highest BCUT2D eigenvalue weighted by Gasteiger charge is 1.96. The van der Waals surface area contributed by atoms with Gasteiger partial charge in [0.05, 0.1) is 0 Å². The van der Waals surface area contributed by atoms with Crippen molar-refractivity contribution in [2.75, 3.05) is 0 Å². The summed E-state index contributed by atoms with van der Waals surface area (Å²) in [5, 5.41) is 8.51. The van der Waals surface area contributed by atoms with Crippen LogP contribution in [0.4, 0.5) is 0 Å². The maximum absolute atomic E-state index is 10.3. The highest BCUT2D eigenvalue weighted by Crippen LogP contribution is 2.10. The molecule has 0 atom stereocenters. The summed E-state index contributed by atoms with van der Waals surface area (Å²) in [6.07, 6.45) is 22.3. The monoisotopic (exact) mass is 280 g/mol.